The van der Waals surface area contributed by atoms with Crippen molar-refractivity contribution in [3.8, 4) is 46.2 Å². The Morgan fingerprint density at radius 2 is 1.20 bits per heavy atom. The first-order valence-corrected chi connectivity index (χ1v) is 22.6. The molecule has 8 rings (SSSR count). The van der Waals surface area contributed by atoms with Gasteiger partial charge >= 0.3 is 0 Å². The lowest BCUT2D eigenvalue weighted by Crippen LogP contribution is -2.47. The lowest BCUT2D eigenvalue weighted by atomic mass is 10.1. The second-order valence-corrected chi connectivity index (χ2v) is 17.1. The summed E-state index contributed by atoms with van der Waals surface area (Å²) in [4.78, 5) is 18.4. The van der Waals surface area contributed by atoms with Crippen LogP contribution in [-0.4, -0.2) is 117 Å². The predicted octanol–water partition coefficient (Wildman–Crippen LogP) is 5.88. The van der Waals surface area contributed by atoms with Crippen LogP contribution in [0.5, 0.6) is 11.5 Å². The quantitative estimate of drug-likeness (QED) is 0.0919. The molecule has 0 saturated carbocycles. The van der Waals surface area contributed by atoms with Crippen LogP contribution in [0.2, 0.25) is 0 Å². The molecule has 1 aliphatic heterocycles. The third kappa shape index (κ3) is 11.9. The molecule has 6 heterocycles. The zero-order valence-corrected chi connectivity index (χ0v) is 38.7. The fraction of sp³-hybridized carbons (Fsp3) is 0.356. The molecule has 0 N–H and O–H groups in total. The normalized spacial score (nSPS) is 12.8. The highest BCUT2D eigenvalue weighted by Gasteiger charge is 2.19. The van der Waals surface area contributed by atoms with Gasteiger partial charge in [0.05, 0.1) is 48.5 Å². The van der Waals surface area contributed by atoms with E-state index in [1.54, 1.807) is 16.4 Å². The summed E-state index contributed by atoms with van der Waals surface area (Å²) in [5.74, 6) is 2.64. The zero-order chi connectivity index (χ0) is 45.4. The summed E-state index contributed by atoms with van der Waals surface area (Å²) in [6, 6.07) is 25.8. The van der Waals surface area contributed by atoms with Crippen molar-refractivity contribution < 1.29 is 22.1 Å². The molecule has 0 bridgehead atoms. The Hall–Kier alpha value is -6.77. The first-order valence-electron chi connectivity index (χ1n) is 20.7. The van der Waals surface area contributed by atoms with Crippen molar-refractivity contribution in [3.05, 3.63) is 94.9 Å². The van der Waals surface area contributed by atoms with Crippen LogP contribution >= 0.6 is 12.4 Å². The number of nitriles is 2. The fourth-order valence-electron chi connectivity index (χ4n) is 7.28. The third-order valence-electron chi connectivity index (χ3n) is 10.6. The van der Waals surface area contributed by atoms with Gasteiger partial charge in [-0.25, -0.2) is 24.3 Å². The molecule has 0 aliphatic carbocycles. The molecular formula is C45H50ClN13O5S. The van der Waals surface area contributed by atoms with Gasteiger partial charge in [0.25, 0.3) is 10.1 Å². The van der Waals surface area contributed by atoms with E-state index in [-0.39, 0.29) is 30.4 Å². The van der Waals surface area contributed by atoms with Gasteiger partial charge in [-0.2, -0.15) is 18.9 Å². The highest BCUT2D eigenvalue weighted by atomic mass is 35.5. The molecule has 1 fully saturated rings. The van der Waals surface area contributed by atoms with Gasteiger partial charge in [-0.1, -0.05) is 16.5 Å². The molecule has 0 atom stereocenters. The molecule has 1 saturated heterocycles. The van der Waals surface area contributed by atoms with Crippen LogP contribution in [0, 0.1) is 43.4 Å². The van der Waals surface area contributed by atoms with E-state index in [9.17, 15) is 18.9 Å². The van der Waals surface area contributed by atoms with E-state index in [1.807, 2.05) is 82.4 Å². The molecule has 2 aromatic carbocycles. The number of hydrogen-bond donors (Lipinski definition) is 0. The van der Waals surface area contributed by atoms with Crippen LogP contribution in [0.4, 0.5) is 5.82 Å². The second kappa shape index (κ2) is 21.3. The summed E-state index contributed by atoms with van der Waals surface area (Å²) in [6.45, 7) is 12.2. The topological polar surface area (TPSA) is 216 Å². The zero-order valence-electron chi connectivity index (χ0n) is 37.1. The van der Waals surface area contributed by atoms with Gasteiger partial charge in [-0.3, -0.25) is 9.08 Å². The van der Waals surface area contributed by atoms with Crippen molar-refractivity contribution in [3.63, 3.8) is 0 Å². The van der Waals surface area contributed by atoms with Gasteiger partial charge in [0, 0.05) is 70.1 Å². The van der Waals surface area contributed by atoms with Gasteiger partial charge in [-0.05, 0) is 99.0 Å². The van der Waals surface area contributed by atoms with Gasteiger partial charge in [0.2, 0.25) is 0 Å². The number of fused-ring (bicyclic) bond motifs is 2. The molecule has 20 heteroatoms. The second-order valence-electron chi connectivity index (χ2n) is 15.5. The molecule has 65 heavy (non-hydrogen) atoms. The van der Waals surface area contributed by atoms with Crippen molar-refractivity contribution in [1.29, 1.82) is 10.5 Å². The number of nitrogens with zero attached hydrogens (tertiary/aromatic N) is 13. The Morgan fingerprint density at radius 3 is 1.68 bits per heavy atom. The maximum absolute atomic E-state index is 10.9. The largest absolute Gasteiger partial charge is 0.493 e. The number of benzene rings is 2. The summed E-state index contributed by atoms with van der Waals surface area (Å²) in [6.07, 6.45) is 2.44. The molecular weight excluding hydrogens is 870 g/mol. The molecule has 7 aromatic rings. The Balaban J connectivity index is 0.000000219. The molecule has 18 nitrogen and oxygen atoms in total. The smallest absolute Gasteiger partial charge is 0.264 e. The summed E-state index contributed by atoms with van der Waals surface area (Å²) in [5.41, 5.74) is 9.14. The van der Waals surface area contributed by atoms with Crippen LogP contribution in [0.15, 0.2) is 66.7 Å². The standard InChI is InChI=1S/C27H30N8O.C18H19N5O4S.ClH/c1-19-16-21(22-17-24-27(23(18-28)30-22)31-32-33(24)3)8-9-25(19)36-15-5-10-34-11-13-35(14-12-34)26-7-4-6-20(2)29-26;1-12-9-13(5-6-17(12)26-7-4-8-27-28(3,24)25)14-10-16-18(15(11-19)20-14)21-22-23(16)2;/h4,6-9,16-17H,5,10-15H2,1-3H3;5-6,9-10H,4,7-8H2,1-3H3;1H. The number of pyridine rings is 3. The van der Waals surface area contributed by atoms with Crippen molar-refractivity contribution >= 4 is 50.4 Å². The fourth-order valence-corrected chi connectivity index (χ4v) is 7.70. The number of rotatable bonds is 14. The van der Waals surface area contributed by atoms with E-state index in [4.69, 9.17) is 9.47 Å². The minimum absolute atomic E-state index is 0. The minimum Gasteiger partial charge on any atom is -0.493 e. The summed E-state index contributed by atoms with van der Waals surface area (Å²) in [5, 5.41) is 34.8. The molecule has 0 unspecified atom stereocenters. The van der Waals surface area contributed by atoms with E-state index in [0.29, 0.717) is 42.1 Å². The predicted molar refractivity (Wildman–Crippen MR) is 248 cm³/mol. The molecule has 338 valence electrons. The van der Waals surface area contributed by atoms with Crippen molar-refractivity contribution in [2.75, 3.05) is 63.7 Å². The molecule has 5 aromatic heterocycles. The molecule has 0 amide bonds. The van der Waals surface area contributed by atoms with E-state index in [2.05, 4.69) is 73.8 Å². The van der Waals surface area contributed by atoms with Crippen LogP contribution in [-0.2, 0) is 28.4 Å². The Morgan fingerprint density at radius 1 is 0.677 bits per heavy atom. The van der Waals surface area contributed by atoms with Crippen LogP contribution in [0.25, 0.3) is 44.6 Å². The number of aryl methyl sites for hydroxylation is 5. The van der Waals surface area contributed by atoms with Gasteiger partial charge < -0.3 is 14.4 Å². The number of anilines is 1. The SMILES string of the molecule is Cc1cc(-c2cc3c(nnn3C)c(C#N)n2)ccc1OCCCOS(C)(=O)=O.Cc1cccc(N2CCN(CCCOc3ccc(-c4cc5c(nnn5C)c(C#N)n4)cc3C)CC2)n1.Cl. The molecule has 0 radical (unpaired) electrons. The van der Waals surface area contributed by atoms with Gasteiger partial charge in [0.1, 0.15) is 40.5 Å². The first-order chi connectivity index (χ1) is 30.8. The van der Waals surface area contributed by atoms with Crippen molar-refractivity contribution in [2.45, 2.75) is 33.6 Å². The third-order valence-corrected chi connectivity index (χ3v) is 11.2. The first kappa shape index (κ1) is 47.7. The average molecular weight is 921 g/mol. The number of aromatic nitrogens is 9. The number of piperazine rings is 1. The Bertz CT molecular complexity index is 2990. The Kier molecular flexibility index (Phi) is 15.6. The summed E-state index contributed by atoms with van der Waals surface area (Å²) >= 11 is 0. The highest BCUT2D eigenvalue weighted by molar-refractivity contribution is 7.85. The van der Waals surface area contributed by atoms with E-state index >= 15 is 0 Å². The van der Waals surface area contributed by atoms with E-state index in [1.165, 1.54) is 0 Å². The highest BCUT2D eigenvalue weighted by Crippen LogP contribution is 2.30. The van der Waals surface area contributed by atoms with Crippen molar-refractivity contribution in [2.24, 2.45) is 14.1 Å². The van der Waals surface area contributed by atoms with Gasteiger partial charge in [-0.15, -0.1) is 22.6 Å². The summed E-state index contributed by atoms with van der Waals surface area (Å²) < 4.78 is 41.6. The molecule has 1 aliphatic rings. The van der Waals surface area contributed by atoms with Crippen LogP contribution in [0.1, 0.15) is 41.1 Å². The summed E-state index contributed by atoms with van der Waals surface area (Å²) in [7, 11) is 0.139. The van der Waals surface area contributed by atoms with E-state index < -0.39 is 10.1 Å². The monoisotopic (exact) mass is 919 g/mol. The Labute approximate surface area is 383 Å². The number of ether oxygens (including phenoxy) is 2. The number of halogens is 1. The maximum atomic E-state index is 10.9. The van der Waals surface area contributed by atoms with Crippen molar-refractivity contribution in [1.82, 2.24) is 49.8 Å². The lowest BCUT2D eigenvalue weighted by Gasteiger charge is -2.35. The maximum Gasteiger partial charge on any atom is 0.264 e. The van der Waals surface area contributed by atoms with Gasteiger partial charge in [0.15, 0.2) is 11.4 Å². The van der Waals surface area contributed by atoms with Crippen LogP contribution in [0.3, 0.4) is 0 Å². The molecule has 0 spiro atoms. The minimum atomic E-state index is -3.43. The van der Waals surface area contributed by atoms with Crippen LogP contribution < -0.4 is 14.4 Å². The number of hydrogen-bond acceptors (Lipinski definition) is 16. The lowest BCUT2D eigenvalue weighted by molar-refractivity contribution is 0.224. The average Bonchev–Trinajstić information content (AvgIpc) is 3.86. The van der Waals surface area contributed by atoms with E-state index in [0.717, 1.165) is 102 Å².